The standard InChI is InChI=1S/C21H29NO/c1-4-15(3)22(14-20-13-17-8-11-19(20)12-17)21(23)18-9-6-16(5-2)7-10-18/h6-11,15,17,19-20H,4-5,12-14H2,1-3H3. The lowest BCUT2D eigenvalue weighted by atomic mass is 9.92. The van der Waals surface area contributed by atoms with Crippen LogP contribution in [0.25, 0.3) is 0 Å². The number of carbonyl (C=O) groups is 1. The maximum Gasteiger partial charge on any atom is 0.254 e. The first-order chi connectivity index (χ1) is 11.1. The Labute approximate surface area is 140 Å². The number of carbonyl (C=O) groups excluding carboxylic acids is 1. The zero-order valence-corrected chi connectivity index (χ0v) is 14.7. The highest BCUT2D eigenvalue weighted by Crippen LogP contribution is 2.44. The molecule has 2 heteroatoms. The monoisotopic (exact) mass is 311 g/mol. The fourth-order valence-electron chi connectivity index (χ4n) is 4.09. The Balaban J connectivity index is 1.75. The van der Waals surface area contributed by atoms with Crippen LogP contribution in [-0.4, -0.2) is 23.4 Å². The van der Waals surface area contributed by atoms with Crippen LogP contribution >= 0.6 is 0 Å². The molecule has 4 atom stereocenters. The van der Waals surface area contributed by atoms with E-state index in [1.807, 2.05) is 12.1 Å². The Kier molecular flexibility index (Phi) is 4.89. The van der Waals surface area contributed by atoms with E-state index in [0.717, 1.165) is 30.9 Å². The molecule has 2 nitrogen and oxygen atoms in total. The molecular weight excluding hydrogens is 282 g/mol. The predicted molar refractivity (Wildman–Crippen MR) is 95.5 cm³/mol. The number of aryl methyl sites for hydroxylation is 1. The van der Waals surface area contributed by atoms with E-state index in [-0.39, 0.29) is 5.91 Å². The SMILES string of the molecule is CCc1ccc(C(=O)N(CC2CC3C=CC2C3)C(C)CC)cc1. The van der Waals surface area contributed by atoms with Crippen LogP contribution in [0, 0.1) is 17.8 Å². The van der Waals surface area contributed by atoms with E-state index in [0.29, 0.717) is 17.9 Å². The minimum absolute atomic E-state index is 0.203. The summed E-state index contributed by atoms with van der Waals surface area (Å²) in [5.41, 5.74) is 2.12. The summed E-state index contributed by atoms with van der Waals surface area (Å²) >= 11 is 0. The van der Waals surface area contributed by atoms with E-state index in [2.05, 4.69) is 50.0 Å². The highest BCUT2D eigenvalue weighted by Gasteiger charge is 2.37. The number of fused-ring (bicyclic) bond motifs is 2. The van der Waals surface area contributed by atoms with Gasteiger partial charge in [-0.05, 0) is 68.1 Å². The van der Waals surface area contributed by atoms with Gasteiger partial charge in [0.25, 0.3) is 5.91 Å². The number of rotatable bonds is 6. The van der Waals surface area contributed by atoms with Gasteiger partial charge in [-0.1, -0.05) is 38.1 Å². The Morgan fingerprint density at radius 2 is 1.91 bits per heavy atom. The summed E-state index contributed by atoms with van der Waals surface area (Å²) in [6.45, 7) is 7.41. The third kappa shape index (κ3) is 3.36. The molecule has 1 amide bonds. The Morgan fingerprint density at radius 1 is 1.17 bits per heavy atom. The van der Waals surface area contributed by atoms with Crippen LogP contribution in [0.5, 0.6) is 0 Å². The summed E-state index contributed by atoms with van der Waals surface area (Å²) in [6.07, 6.45) is 9.35. The Morgan fingerprint density at radius 3 is 2.43 bits per heavy atom. The van der Waals surface area contributed by atoms with Crippen molar-refractivity contribution in [2.45, 2.75) is 52.5 Å². The molecule has 0 aliphatic heterocycles. The van der Waals surface area contributed by atoms with Gasteiger partial charge < -0.3 is 4.90 Å². The number of allylic oxidation sites excluding steroid dienone is 2. The molecule has 1 aromatic rings. The van der Waals surface area contributed by atoms with E-state index in [9.17, 15) is 4.79 Å². The summed E-state index contributed by atoms with van der Waals surface area (Å²) < 4.78 is 0. The molecular formula is C21H29NO. The van der Waals surface area contributed by atoms with Gasteiger partial charge in [0.05, 0.1) is 0 Å². The number of nitrogens with zero attached hydrogens (tertiary/aromatic N) is 1. The minimum atomic E-state index is 0.203. The molecule has 3 rings (SSSR count). The molecule has 2 bridgehead atoms. The van der Waals surface area contributed by atoms with Gasteiger partial charge in [0.2, 0.25) is 0 Å². The van der Waals surface area contributed by atoms with Crippen LogP contribution in [0.3, 0.4) is 0 Å². The summed E-state index contributed by atoms with van der Waals surface area (Å²) in [5, 5.41) is 0. The van der Waals surface area contributed by atoms with Gasteiger partial charge in [0.15, 0.2) is 0 Å². The van der Waals surface area contributed by atoms with Crippen molar-refractivity contribution in [1.29, 1.82) is 0 Å². The second kappa shape index (κ2) is 6.90. The van der Waals surface area contributed by atoms with Crippen LogP contribution in [0.15, 0.2) is 36.4 Å². The molecule has 0 N–H and O–H groups in total. The molecule has 124 valence electrons. The van der Waals surface area contributed by atoms with Crippen LogP contribution in [0.2, 0.25) is 0 Å². The van der Waals surface area contributed by atoms with E-state index in [1.54, 1.807) is 0 Å². The Hall–Kier alpha value is -1.57. The number of amides is 1. The first-order valence-electron chi connectivity index (χ1n) is 9.20. The quantitative estimate of drug-likeness (QED) is 0.697. The molecule has 1 aromatic carbocycles. The van der Waals surface area contributed by atoms with Crippen molar-refractivity contribution in [3.63, 3.8) is 0 Å². The average molecular weight is 311 g/mol. The first kappa shape index (κ1) is 16.3. The molecule has 1 saturated carbocycles. The number of hydrogen-bond donors (Lipinski definition) is 0. The fourth-order valence-corrected chi connectivity index (χ4v) is 4.09. The van der Waals surface area contributed by atoms with Crippen molar-refractivity contribution in [2.24, 2.45) is 17.8 Å². The molecule has 4 unspecified atom stereocenters. The van der Waals surface area contributed by atoms with Crippen molar-refractivity contribution in [2.75, 3.05) is 6.54 Å². The molecule has 1 fully saturated rings. The maximum absolute atomic E-state index is 13.0. The zero-order valence-electron chi connectivity index (χ0n) is 14.7. The van der Waals surface area contributed by atoms with Gasteiger partial charge in [0.1, 0.15) is 0 Å². The van der Waals surface area contributed by atoms with Gasteiger partial charge in [-0.25, -0.2) is 0 Å². The largest absolute Gasteiger partial charge is 0.336 e. The summed E-state index contributed by atoms with van der Waals surface area (Å²) in [7, 11) is 0. The smallest absolute Gasteiger partial charge is 0.254 e. The van der Waals surface area contributed by atoms with E-state index in [1.165, 1.54) is 18.4 Å². The summed E-state index contributed by atoms with van der Waals surface area (Å²) in [4.78, 5) is 15.2. The second-order valence-corrected chi connectivity index (χ2v) is 7.31. The molecule has 0 radical (unpaired) electrons. The van der Waals surface area contributed by atoms with Crippen LogP contribution in [-0.2, 0) is 6.42 Å². The lowest BCUT2D eigenvalue weighted by Gasteiger charge is -2.33. The van der Waals surface area contributed by atoms with Gasteiger partial charge in [0, 0.05) is 18.2 Å². The number of hydrogen-bond acceptors (Lipinski definition) is 1. The normalized spacial score (nSPS) is 26.5. The summed E-state index contributed by atoms with van der Waals surface area (Å²) in [6, 6.07) is 8.47. The first-order valence-corrected chi connectivity index (χ1v) is 9.20. The summed E-state index contributed by atoms with van der Waals surface area (Å²) in [5.74, 6) is 2.32. The number of benzene rings is 1. The predicted octanol–water partition coefficient (Wildman–Crippen LogP) is 4.70. The third-order valence-corrected chi connectivity index (χ3v) is 5.84. The third-order valence-electron chi connectivity index (χ3n) is 5.84. The molecule has 0 heterocycles. The highest BCUT2D eigenvalue weighted by atomic mass is 16.2. The Bertz CT molecular complexity index is 574. The fraction of sp³-hybridized carbons (Fsp3) is 0.571. The maximum atomic E-state index is 13.0. The lowest BCUT2D eigenvalue weighted by molar-refractivity contribution is 0.0641. The molecule has 2 aliphatic rings. The van der Waals surface area contributed by atoms with Gasteiger partial charge in [-0.2, -0.15) is 0 Å². The van der Waals surface area contributed by atoms with Gasteiger partial charge in [-0.3, -0.25) is 4.79 Å². The minimum Gasteiger partial charge on any atom is -0.336 e. The van der Waals surface area contributed by atoms with Crippen molar-refractivity contribution >= 4 is 5.91 Å². The molecule has 23 heavy (non-hydrogen) atoms. The molecule has 0 saturated heterocycles. The molecule has 0 aromatic heterocycles. The van der Waals surface area contributed by atoms with E-state index >= 15 is 0 Å². The lowest BCUT2D eigenvalue weighted by Crippen LogP contribution is -2.42. The topological polar surface area (TPSA) is 20.3 Å². The van der Waals surface area contributed by atoms with Gasteiger partial charge in [-0.15, -0.1) is 0 Å². The van der Waals surface area contributed by atoms with Crippen LogP contribution in [0.4, 0.5) is 0 Å². The van der Waals surface area contributed by atoms with Crippen molar-refractivity contribution in [3.8, 4) is 0 Å². The van der Waals surface area contributed by atoms with E-state index < -0.39 is 0 Å². The van der Waals surface area contributed by atoms with Crippen molar-refractivity contribution in [3.05, 3.63) is 47.5 Å². The van der Waals surface area contributed by atoms with Crippen molar-refractivity contribution in [1.82, 2.24) is 4.90 Å². The molecule has 0 spiro atoms. The van der Waals surface area contributed by atoms with Crippen LogP contribution in [0.1, 0.15) is 56.0 Å². The van der Waals surface area contributed by atoms with Crippen LogP contribution < -0.4 is 0 Å². The van der Waals surface area contributed by atoms with Crippen molar-refractivity contribution < 1.29 is 4.79 Å². The zero-order chi connectivity index (χ0) is 16.4. The average Bonchev–Trinajstić information content (AvgIpc) is 3.21. The molecule has 2 aliphatic carbocycles. The highest BCUT2D eigenvalue weighted by molar-refractivity contribution is 5.94. The van der Waals surface area contributed by atoms with E-state index in [4.69, 9.17) is 0 Å². The second-order valence-electron chi connectivity index (χ2n) is 7.31. The van der Waals surface area contributed by atoms with Gasteiger partial charge >= 0.3 is 0 Å².